The molecule has 2 heterocycles. The molecule has 2 aromatic carbocycles. The van der Waals surface area contributed by atoms with Gasteiger partial charge < -0.3 is 15.2 Å². The number of benzene rings is 2. The Kier molecular flexibility index (Phi) is 4.59. The van der Waals surface area contributed by atoms with Crippen LogP contribution in [0, 0.1) is 0 Å². The number of aromatic nitrogens is 4. The van der Waals surface area contributed by atoms with Crippen LogP contribution in [0.15, 0.2) is 48.9 Å². The number of amides is 1. The number of carbonyl (C=O) groups excluding carboxylic acids is 2. The minimum absolute atomic E-state index is 0.0115. The van der Waals surface area contributed by atoms with E-state index in [0.29, 0.717) is 34.7 Å². The molecule has 2 N–H and O–H groups in total. The van der Waals surface area contributed by atoms with Gasteiger partial charge in [-0.05, 0) is 43.3 Å². The summed E-state index contributed by atoms with van der Waals surface area (Å²) in [5.74, 6) is 0.655. The van der Waals surface area contributed by atoms with Crippen molar-refractivity contribution in [2.45, 2.75) is 6.92 Å². The topological polar surface area (TPSA) is 93.8 Å². The third-order valence-electron chi connectivity index (χ3n) is 4.74. The van der Waals surface area contributed by atoms with Gasteiger partial charge in [-0.2, -0.15) is 0 Å². The van der Waals surface area contributed by atoms with Crippen LogP contribution in [0.2, 0.25) is 0 Å². The molecule has 4 rings (SSSR count). The number of nitrogens with one attached hydrogen (secondary N) is 2. The number of ketones is 1. The minimum Gasteiger partial charge on any atom is -0.386 e. The molecule has 146 valence electrons. The lowest BCUT2D eigenvalue weighted by atomic mass is 10.1. The van der Waals surface area contributed by atoms with E-state index in [1.54, 1.807) is 25.5 Å². The van der Waals surface area contributed by atoms with Crippen LogP contribution in [0.1, 0.15) is 17.3 Å². The average Bonchev–Trinajstić information content (AvgIpc) is 3.31. The second kappa shape index (κ2) is 7.23. The lowest BCUT2D eigenvalue weighted by Gasteiger charge is -2.13. The van der Waals surface area contributed by atoms with Gasteiger partial charge in [-0.15, -0.1) is 0 Å². The Balaban J connectivity index is 1.99. The largest absolute Gasteiger partial charge is 0.386 e. The molecule has 0 aliphatic carbocycles. The summed E-state index contributed by atoms with van der Waals surface area (Å²) in [5.41, 5.74) is 5.18. The zero-order valence-corrected chi connectivity index (χ0v) is 16.3. The highest BCUT2D eigenvalue weighted by atomic mass is 16.1. The molecule has 0 atom stereocenters. The number of anilines is 2. The highest BCUT2D eigenvalue weighted by Gasteiger charge is 2.18. The van der Waals surface area contributed by atoms with Crippen LogP contribution in [0.4, 0.5) is 11.4 Å². The maximum Gasteiger partial charge on any atom is 0.211 e. The fourth-order valence-electron chi connectivity index (χ4n) is 3.33. The molecule has 0 saturated carbocycles. The van der Waals surface area contributed by atoms with E-state index >= 15 is 0 Å². The van der Waals surface area contributed by atoms with Gasteiger partial charge in [0.2, 0.25) is 6.41 Å². The molecular weight excluding hydrogens is 368 g/mol. The second-order valence-corrected chi connectivity index (χ2v) is 6.70. The highest BCUT2D eigenvalue weighted by Crippen LogP contribution is 2.31. The van der Waals surface area contributed by atoms with Gasteiger partial charge in [-0.25, -0.2) is 9.97 Å². The quantitative estimate of drug-likeness (QED) is 0.391. The van der Waals surface area contributed by atoms with Gasteiger partial charge in [0.15, 0.2) is 11.6 Å². The minimum atomic E-state index is -0.0115. The highest BCUT2D eigenvalue weighted by molar-refractivity contribution is 5.98. The van der Waals surface area contributed by atoms with E-state index in [2.05, 4.69) is 15.6 Å². The number of aryl methyl sites for hydroxylation is 1. The summed E-state index contributed by atoms with van der Waals surface area (Å²) < 4.78 is 3.85. The normalized spacial score (nSPS) is 10.9. The Morgan fingerprint density at radius 3 is 2.62 bits per heavy atom. The number of Topliss-reactive ketones (excluding diaryl/α,β-unsaturated/α-hetero) is 1. The maximum absolute atomic E-state index is 11.8. The molecule has 0 bridgehead atoms. The summed E-state index contributed by atoms with van der Waals surface area (Å²) >= 11 is 0. The van der Waals surface area contributed by atoms with Gasteiger partial charge in [0.05, 0.1) is 28.7 Å². The van der Waals surface area contributed by atoms with Crippen molar-refractivity contribution in [2.75, 3.05) is 17.7 Å². The second-order valence-electron chi connectivity index (χ2n) is 6.70. The van der Waals surface area contributed by atoms with Crippen molar-refractivity contribution in [3.05, 3.63) is 54.5 Å². The Bertz CT molecular complexity index is 1240. The first-order chi connectivity index (χ1) is 14.0. The molecule has 0 fully saturated rings. The maximum atomic E-state index is 11.8. The van der Waals surface area contributed by atoms with E-state index in [-0.39, 0.29) is 5.78 Å². The van der Waals surface area contributed by atoms with Crippen LogP contribution in [0.5, 0.6) is 0 Å². The summed E-state index contributed by atoms with van der Waals surface area (Å²) in [6, 6.07) is 11.1. The monoisotopic (exact) mass is 388 g/mol. The summed E-state index contributed by atoms with van der Waals surface area (Å²) in [5, 5.41) is 5.78. The summed E-state index contributed by atoms with van der Waals surface area (Å²) in [7, 11) is 3.69. The van der Waals surface area contributed by atoms with Gasteiger partial charge in [-0.3, -0.25) is 14.2 Å². The Labute approximate surface area is 167 Å². The molecule has 1 amide bonds. The van der Waals surface area contributed by atoms with Crippen LogP contribution < -0.4 is 10.6 Å². The van der Waals surface area contributed by atoms with Gasteiger partial charge in [-0.1, -0.05) is 0 Å². The summed E-state index contributed by atoms with van der Waals surface area (Å²) in [4.78, 5) is 31.9. The van der Waals surface area contributed by atoms with E-state index in [9.17, 15) is 9.59 Å². The van der Waals surface area contributed by atoms with Crippen LogP contribution in [-0.4, -0.2) is 38.3 Å². The van der Waals surface area contributed by atoms with E-state index in [0.717, 1.165) is 16.9 Å². The zero-order valence-electron chi connectivity index (χ0n) is 16.3. The number of hydrogen-bond donors (Lipinski definition) is 2. The SMILES string of the molecule is CNc1cc(-n2c(-c3cn(C)cn3)nc3cc(C(C)=O)ccc32)ccc1NC=O. The summed E-state index contributed by atoms with van der Waals surface area (Å²) in [6.45, 7) is 1.54. The van der Waals surface area contributed by atoms with E-state index in [4.69, 9.17) is 4.98 Å². The Morgan fingerprint density at radius 1 is 1.14 bits per heavy atom. The average molecular weight is 388 g/mol. The van der Waals surface area contributed by atoms with Crippen LogP contribution in [0.3, 0.4) is 0 Å². The van der Waals surface area contributed by atoms with Gasteiger partial charge in [0.25, 0.3) is 0 Å². The number of nitrogens with zero attached hydrogens (tertiary/aromatic N) is 4. The fourth-order valence-corrected chi connectivity index (χ4v) is 3.33. The standard InChI is InChI=1S/C21H20N6O2/c1-13(29)14-4-7-20-18(8-14)25-21(19-10-26(3)11-23-19)27(20)15-5-6-16(24-12-28)17(9-15)22-2/h4-12,22H,1-3H3,(H,24,28). The molecule has 0 unspecified atom stereocenters. The van der Waals surface area contributed by atoms with Gasteiger partial charge in [0.1, 0.15) is 5.69 Å². The fraction of sp³-hybridized carbons (Fsp3) is 0.143. The third kappa shape index (κ3) is 3.25. The number of fused-ring (bicyclic) bond motifs is 1. The molecule has 0 aliphatic heterocycles. The van der Waals surface area contributed by atoms with E-state index in [1.165, 1.54) is 6.92 Å². The molecule has 4 aromatic rings. The molecular formula is C21H20N6O2. The van der Waals surface area contributed by atoms with Crippen LogP contribution >= 0.6 is 0 Å². The van der Waals surface area contributed by atoms with E-state index < -0.39 is 0 Å². The zero-order chi connectivity index (χ0) is 20.5. The lowest BCUT2D eigenvalue weighted by molar-refractivity contribution is -0.105. The van der Waals surface area contributed by atoms with Crippen molar-refractivity contribution >= 4 is 34.6 Å². The molecule has 8 heteroatoms. The first kappa shape index (κ1) is 18.4. The van der Waals surface area contributed by atoms with Crippen molar-refractivity contribution in [3.8, 4) is 17.2 Å². The Morgan fingerprint density at radius 2 is 1.97 bits per heavy atom. The van der Waals surface area contributed by atoms with Crippen LogP contribution in [0.25, 0.3) is 28.2 Å². The van der Waals surface area contributed by atoms with Crippen molar-refractivity contribution in [3.63, 3.8) is 0 Å². The number of imidazole rings is 2. The number of carbonyl (C=O) groups is 2. The predicted octanol–water partition coefficient (Wildman–Crippen LogP) is 3.24. The van der Waals surface area contributed by atoms with Crippen molar-refractivity contribution in [1.29, 1.82) is 0 Å². The molecule has 8 nitrogen and oxygen atoms in total. The molecule has 0 aliphatic rings. The lowest BCUT2D eigenvalue weighted by Crippen LogP contribution is -2.03. The molecule has 0 radical (unpaired) electrons. The van der Waals surface area contributed by atoms with Crippen molar-refractivity contribution in [1.82, 2.24) is 19.1 Å². The van der Waals surface area contributed by atoms with Gasteiger partial charge in [0, 0.05) is 31.5 Å². The molecule has 2 aromatic heterocycles. The first-order valence-corrected chi connectivity index (χ1v) is 9.06. The third-order valence-corrected chi connectivity index (χ3v) is 4.74. The summed E-state index contributed by atoms with van der Waals surface area (Å²) in [6.07, 6.45) is 4.26. The first-order valence-electron chi connectivity index (χ1n) is 9.06. The number of rotatable bonds is 6. The molecule has 29 heavy (non-hydrogen) atoms. The van der Waals surface area contributed by atoms with Crippen molar-refractivity contribution < 1.29 is 9.59 Å². The molecule has 0 saturated heterocycles. The number of hydrogen-bond acceptors (Lipinski definition) is 5. The van der Waals surface area contributed by atoms with E-state index in [1.807, 2.05) is 46.6 Å². The predicted molar refractivity (Wildman–Crippen MR) is 113 cm³/mol. The van der Waals surface area contributed by atoms with Gasteiger partial charge >= 0.3 is 0 Å². The Hall–Kier alpha value is -3.94. The van der Waals surface area contributed by atoms with Crippen LogP contribution in [-0.2, 0) is 11.8 Å². The molecule has 0 spiro atoms. The smallest absolute Gasteiger partial charge is 0.211 e. The van der Waals surface area contributed by atoms with Crippen molar-refractivity contribution in [2.24, 2.45) is 7.05 Å².